The molecule has 0 rings (SSSR count). The maximum atomic E-state index is 10.8. The lowest BCUT2D eigenvalue weighted by molar-refractivity contribution is -0.138. The second kappa shape index (κ2) is 10.4. The van der Waals surface area contributed by atoms with E-state index in [0.29, 0.717) is 6.04 Å². The predicted octanol–water partition coefficient (Wildman–Crippen LogP) is 3.92. The molecule has 0 saturated carbocycles. The lowest BCUT2D eigenvalue weighted by Gasteiger charge is -2.33. The molecule has 18 heavy (non-hydrogen) atoms. The number of unbranched alkanes of at least 4 members (excludes halogenated alkanes) is 4. The van der Waals surface area contributed by atoms with E-state index in [-0.39, 0.29) is 12.5 Å². The van der Waals surface area contributed by atoms with Crippen molar-refractivity contribution in [3.63, 3.8) is 0 Å². The molecule has 0 aromatic carbocycles. The number of nitrogens with zero attached hydrogens (tertiary/aromatic N) is 1. The van der Waals surface area contributed by atoms with Crippen LogP contribution in [0.15, 0.2) is 0 Å². The van der Waals surface area contributed by atoms with Crippen LogP contribution >= 0.6 is 0 Å². The fourth-order valence-corrected chi connectivity index (χ4v) is 2.64. The number of hydrogen-bond donors (Lipinski definition) is 1. The Kier molecular flexibility index (Phi) is 10.0. The fraction of sp³-hybridized carbons (Fsp3) is 0.933. The van der Waals surface area contributed by atoms with Crippen LogP contribution in [0.1, 0.15) is 72.6 Å². The second-order valence-electron chi connectivity index (χ2n) is 5.33. The van der Waals surface area contributed by atoms with Gasteiger partial charge >= 0.3 is 5.97 Å². The highest BCUT2D eigenvalue weighted by molar-refractivity contribution is 5.67. The highest BCUT2D eigenvalue weighted by Crippen LogP contribution is 2.15. The highest BCUT2D eigenvalue weighted by Gasteiger charge is 2.20. The third kappa shape index (κ3) is 7.70. The van der Waals surface area contributed by atoms with Crippen molar-refractivity contribution < 1.29 is 9.90 Å². The van der Waals surface area contributed by atoms with E-state index in [0.717, 1.165) is 6.54 Å². The summed E-state index contributed by atoms with van der Waals surface area (Å²) in [4.78, 5) is 13.1. The highest BCUT2D eigenvalue weighted by atomic mass is 16.4. The maximum absolute atomic E-state index is 10.8. The van der Waals surface area contributed by atoms with Crippen molar-refractivity contribution in [2.75, 3.05) is 6.54 Å². The number of carboxylic acids is 1. The molecule has 0 fully saturated rings. The molecule has 108 valence electrons. The molecule has 0 aliphatic carbocycles. The Morgan fingerprint density at radius 2 is 1.67 bits per heavy atom. The molecular formula is C15H31NO2. The van der Waals surface area contributed by atoms with Crippen LogP contribution in [0.25, 0.3) is 0 Å². The van der Waals surface area contributed by atoms with Crippen molar-refractivity contribution in [1.82, 2.24) is 4.90 Å². The van der Waals surface area contributed by atoms with E-state index in [9.17, 15) is 4.79 Å². The molecule has 1 N–H and O–H groups in total. The summed E-state index contributed by atoms with van der Waals surface area (Å²) < 4.78 is 0. The molecule has 0 radical (unpaired) electrons. The molecule has 0 bridgehead atoms. The Hall–Kier alpha value is -0.570. The van der Waals surface area contributed by atoms with Crippen LogP contribution in [0.2, 0.25) is 0 Å². The molecular weight excluding hydrogens is 226 g/mol. The molecule has 0 aromatic rings. The SMILES string of the molecule is CCCCCCCC(C)N(CC)C(C)CC(=O)O. The predicted molar refractivity (Wildman–Crippen MR) is 76.9 cm³/mol. The van der Waals surface area contributed by atoms with Crippen molar-refractivity contribution in [3.8, 4) is 0 Å². The summed E-state index contributed by atoms with van der Waals surface area (Å²) in [6.07, 6.45) is 7.95. The fourth-order valence-electron chi connectivity index (χ4n) is 2.64. The van der Waals surface area contributed by atoms with Gasteiger partial charge in [-0.2, -0.15) is 0 Å². The summed E-state index contributed by atoms with van der Waals surface area (Å²) in [5.41, 5.74) is 0. The first kappa shape index (κ1) is 17.4. The van der Waals surface area contributed by atoms with Crippen LogP contribution in [-0.4, -0.2) is 34.6 Å². The van der Waals surface area contributed by atoms with Gasteiger partial charge in [0.1, 0.15) is 0 Å². The minimum atomic E-state index is -0.698. The van der Waals surface area contributed by atoms with E-state index >= 15 is 0 Å². The Balaban J connectivity index is 3.94. The van der Waals surface area contributed by atoms with Gasteiger partial charge in [0.15, 0.2) is 0 Å². The summed E-state index contributed by atoms with van der Waals surface area (Å²) in [6.45, 7) is 9.53. The molecule has 3 heteroatoms. The minimum absolute atomic E-state index is 0.137. The van der Waals surface area contributed by atoms with Gasteiger partial charge in [-0.1, -0.05) is 46.0 Å². The first-order chi connectivity index (χ1) is 8.52. The van der Waals surface area contributed by atoms with E-state index in [1.165, 1.54) is 38.5 Å². The van der Waals surface area contributed by atoms with E-state index in [1.807, 2.05) is 6.92 Å². The summed E-state index contributed by atoms with van der Waals surface area (Å²) in [6, 6.07) is 0.629. The quantitative estimate of drug-likeness (QED) is 0.570. The third-order valence-corrected chi connectivity index (χ3v) is 3.69. The second-order valence-corrected chi connectivity index (χ2v) is 5.33. The summed E-state index contributed by atoms with van der Waals surface area (Å²) in [5, 5.41) is 8.86. The molecule has 2 atom stereocenters. The number of carboxylic acid groups (broad SMARTS) is 1. The Morgan fingerprint density at radius 3 is 2.17 bits per heavy atom. The van der Waals surface area contributed by atoms with E-state index in [2.05, 4.69) is 25.7 Å². The molecule has 0 amide bonds. The first-order valence-electron chi connectivity index (χ1n) is 7.50. The monoisotopic (exact) mass is 257 g/mol. The lowest BCUT2D eigenvalue weighted by atomic mass is 10.0. The van der Waals surface area contributed by atoms with E-state index in [4.69, 9.17) is 5.11 Å². The van der Waals surface area contributed by atoms with Crippen molar-refractivity contribution in [1.29, 1.82) is 0 Å². The Bertz CT molecular complexity index is 219. The zero-order valence-corrected chi connectivity index (χ0v) is 12.6. The van der Waals surface area contributed by atoms with Crippen LogP contribution in [0.3, 0.4) is 0 Å². The maximum Gasteiger partial charge on any atom is 0.304 e. The van der Waals surface area contributed by atoms with Crippen molar-refractivity contribution >= 4 is 5.97 Å². The van der Waals surface area contributed by atoms with Gasteiger partial charge in [-0.15, -0.1) is 0 Å². The van der Waals surface area contributed by atoms with Crippen molar-refractivity contribution in [2.24, 2.45) is 0 Å². The largest absolute Gasteiger partial charge is 0.481 e. The van der Waals surface area contributed by atoms with Crippen LogP contribution in [0.5, 0.6) is 0 Å². The zero-order chi connectivity index (χ0) is 14.0. The topological polar surface area (TPSA) is 40.5 Å². The van der Waals surface area contributed by atoms with Gasteiger partial charge in [0.25, 0.3) is 0 Å². The number of rotatable bonds is 11. The van der Waals surface area contributed by atoms with Gasteiger partial charge in [0.05, 0.1) is 6.42 Å². The van der Waals surface area contributed by atoms with Gasteiger partial charge in [-0.25, -0.2) is 0 Å². The summed E-state index contributed by atoms with van der Waals surface area (Å²) >= 11 is 0. The Labute approximate surface area is 113 Å². The van der Waals surface area contributed by atoms with Gasteiger partial charge < -0.3 is 5.11 Å². The minimum Gasteiger partial charge on any atom is -0.481 e. The molecule has 0 spiro atoms. The van der Waals surface area contributed by atoms with Crippen LogP contribution in [0, 0.1) is 0 Å². The standard InChI is InChI=1S/C15H31NO2/c1-5-7-8-9-10-11-13(3)16(6-2)14(4)12-15(17)18/h13-14H,5-12H2,1-4H3,(H,17,18). The molecule has 0 aliphatic heterocycles. The molecule has 2 unspecified atom stereocenters. The van der Waals surface area contributed by atoms with Gasteiger partial charge in [0, 0.05) is 12.1 Å². The normalized spacial score (nSPS) is 14.7. The number of aliphatic carboxylic acids is 1. The molecule has 0 heterocycles. The van der Waals surface area contributed by atoms with Crippen LogP contribution in [-0.2, 0) is 4.79 Å². The molecule has 3 nitrogen and oxygen atoms in total. The van der Waals surface area contributed by atoms with E-state index < -0.39 is 5.97 Å². The molecule has 0 aliphatic rings. The third-order valence-electron chi connectivity index (χ3n) is 3.69. The zero-order valence-electron chi connectivity index (χ0n) is 12.6. The number of hydrogen-bond acceptors (Lipinski definition) is 2. The average molecular weight is 257 g/mol. The van der Waals surface area contributed by atoms with Gasteiger partial charge in [-0.3, -0.25) is 9.69 Å². The first-order valence-corrected chi connectivity index (χ1v) is 7.50. The smallest absolute Gasteiger partial charge is 0.304 e. The van der Waals surface area contributed by atoms with Gasteiger partial charge in [0.2, 0.25) is 0 Å². The van der Waals surface area contributed by atoms with Crippen LogP contribution < -0.4 is 0 Å². The Morgan fingerprint density at radius 1 is 1.06 bits per heavy atom. The summed E-state index contributed by atoms with van der Waals surface area (Å²) in [5.74, 6) is -0.698. The van der Waals surface area contributed by atoms with Crippen LogP contribution in [0.4, 0.5) is 0 Å². The molecule has 0 saturated heterocycles. The van der Waals surface area contributed by atoms with Crippen molar-refractivity contribution in [2.45, 2.75) is 84.7 Å². The molecule has 0 aromatic heterocycles. The lowest BCUT2D eigenvalue weighted by Crippen LogP contribution is -2.41. The average Bonchev–Trinajstić information content (AvgIpc) is 2.28. The van der Waals surface area contributed by atoms with Crippen molar-refractivity contribution in [3.05, 3.63) is 0 Å². The van der Waals surface area contributed by atoms with E-state index in [1.54, 1.807) is 0 Å². The summed E-state index contributed by atoms with van der Waals surface area (Å²) in [7, 11) is 0. The van der Waals surface area contributed by atoms with Gasteiger partial charge in [-0.05, 0) is 26.8 Å². The number of carbonyl (C=O) groups is 1.